The third kappa shape index (κ3) is 6.75. The van der Waals surface area contributed by atoms with Crippen LogP contribution >= 0.6 is 0 Å². The molecule has 1 aliphatic carbocycles. The van der Waals surface area contributed by atoms with Crippen LogP contribution in [0.5, 0.6) is 11.5 Å². The number of unbranched alkanes of at least 4 members (excludes halogenated alkanes) is 2. The quantitative estimate of drug-likeness (QED) is 0.176. The van der Waals surface area contributed by atoms with Crippen molar-refractivity contribution >= 4 is 5.91 Å². The van der Waals surface area contributed by atoms with E-state index in [9.17, 15) is 9.90 Å². The smallest absolute Gasteiger partial charge is 0.249 e. The fourth-order valence-corrected chi connectivity index (χ4v) is 4.54. The highest BCUT2D eigenvalue weighted by Gasteiger charge is 2.30. The lowest BCUT2D eigenvalue weighted by molar-refractivity contribution is -0.125. The number of hydrogen-bond acceptors (Lipinski definition) is 3. The van der Waals surface area contributed by atoms with Gasteiger partial charge in [0.1, 0.15) is 11.5 Å². The molecule has 2 rings (SSSR count). The predicted octanol–water partition coefficient (Wildman–Crippen LogP) is 6.90. The van der Waals surface area contributed by atoms with Gasteiger partial charge in [-0.3, -0.25) is 4.79 Å². The molecule has 0 bridgehead atoms. The van der Waals surface area contributed by atoms with Gasteiger partial charge in [-0.15, -0.1) is 0 Å². The first-order valence-corrected chi connectivity index (χ1v) is 12.1. The van der Waals surface area contributed by atoms with Gasteiger partial charge in [-0.05, 0) is 77.0 Å². The number of aryl methyl sites for hydroxylation is 1. The van der Waals surface area contributed by atoms with Crippen LogP contribution in [0.15, 0.2) is 48.3 Å². The van der Waals surface area contributed by atoms with Crippen LogP contribution in [0.3, 0.4) is 0 Å². The van der Waals surface area contributed by atoms with Crippen LogP contribution in [0.25, 0.3) is 0 Å². The highest BCUT2D eigenvalue weighted by molar-refractivity contribution is 5.87. The van der Waals surface area contributed by atoms with Gasteiger partial charge in [-0.2, -0.15) is 0 Å². The fraction of sp³-hybridized carbons (Fsp3) is 0.536. The third-order valence-corrected chi connectivity index (χ3v) is 6.44. The van der Waals surface area contributed by atoms with Crippen molar-refractivity contribution < 1.29 is 14.6 Å². The number of benzene rings is 1. The average molecular weight is 440 g/mol. The average Bonchev–Trinajstić information content (AvgIpc) is 2.74. The molecule has 0 heterocycles. The second kappa shape index (κ2) is 12.5. The Kier molecular flexibility index (Phi) is 10.1. The summed E-state index contributed by atoms with van der Waals surface area (Å²) in [6, 6.07) is 3.92. The number of phenols is 1. The molecule has 1 amide bonds. The molecule has 0 spiro atoms. The van der Waals surface area contributed by atoms with Gasteiger partial charge < -0.3 is 14.7 Å². The van der Waals surface area contributed by atoms with Crippen molar-refractivity contribution in [2.45, 2.75) is 79.1 Å². The van der Waals surface area contributed by atoms with Gasteiger partial charge in [0.25, 0.3) is 0 Å². The molecule has 1 N–H and O–H groups in total. The largest absolute Gasteiger partial charge is 0.507 e. The zero-order chi connectivity index (χ0) is 23.7. The predicted molar refractivity (Wildman–Crippen MR) is 133 cm³/mol. The van der Waals surface area contributed by atoms with E-state index in [1.54, 1.807) is 4.90 Å². The number of carbonyl (C=O) groups is 1. The number of hydrogen-bond donors (Lipinski definition) is 1. The lowest BCUT2D eigenvalue weighted by atomic mass is 9.73. The van der Waals surface area contributed by atoms with Gasteiger partial charge in [0.15, 0.2) is 0 Å². The van der Waals surface area contributed by atoms with Crippen molar-refractivity contribution in [2.75, 3.05) is 13.1 Å². The molecule has 1 aliphatic rings. The molecule has 32 heavy (non-hydrogen) atoms. The third-order valence-electron chi connectivity index (χ3n) is 6.44. The highest BCUT2D eigenvalue weighted by Crippen LogP contribution is 2.47. The Balaban J connectivity index is 2.44. The Bertz CT molecular complexity index is 848. The van der Waals surface area contributed by atoms with Crippen LogP contribution in [-0.2, 0) is 11.2 Å². The molecular formula is C28H41NO3. The number of allylic oxidation sites excluding steroid dienone is 3. The summed E-state index contributed by atoms with van der Waals surface area (Å²) < 4.78 is 6.04. The van der Waals surface area contributed by atoms with Crippen LogP contribution in [0.4, 0.5) is 0 Å². The van der Waals surface area contributed by atoms with Crippen LogP contribution in [0.1, 0.15) is 83.8 Å². The van der Waals surface area contributed by atoms with Gasteiger partial charge >= 0.3 is 0 Å². The number of aromatic hydroxyl groups is 1. The topological polar surface area (TPSA) is 49.8 Å². The van der Waals surface area contributed by atoms with Gasteiger partial charge in [0.2, 0.25) is 5.91 Å². The number of amides is 1. The summed E-state index contributed by atoms with van der Waals surface area (Å²) in [5, 5.41) is 11.1. The second-order valence-electron chi connectivity index (χ2n) is 8.95. The number of phenolic OH excluding ortho intramolecular Hbond substituents is 1. The monoisotopic (exact) mass is 439 g/mol. The summed E-state index contributed by atoms with van der Waals surface area (Å²) in [4.78, 5) is 14.1. The van der Waals surface area contributed by atoms with Crippen molar-refractivity contribution in [3.05, 3.63) is 59.4 Å². The lowest BCUT2D eigenvalue weighted by Crippen LogP contribution is -2.28. The summed E-state index contributed by atoms with van der Waals surface area (Å²) in [5.41, 5.74) is 4.28. The minimum Gasteiger partial charge on any atom is -0.507 e. The normalized spacial score (nSPS) is 18.5. The summed E-state index contributed by atoms with van der Waals surface area (Å²) in [5.74, 6) is 1.07. The molecule has 0 aromatic heterocycles. The van der Waals surface area contributed by atoms with Gasteiger partial charge in [0, 0.05) is 30.6 Å². The molecular weight excluding hydrogens is 398 g/mol. The molecule has 4 nitrogen and oxygen atoms in total. The van der Waals surface area contributed by atoms with Crippen LogP contribution in [-0.4, -0.2) is 29.0 Å². The second-order valence-corrected chi connectivity index (χ2v) is 8.95. The van der Waals surface area contributed by atoms with Crippen molar-refractivity contribution in [3.8, 4) is 11.5 Å². The lowest BCUT2D eigenvalue weighted by Gasteiger charge is -2.32. The Morgan fingerprint density at radius 2 is 1.97 bits per heavy atom. The van der Waals surface area contributed by atoms with E-state index in [0.29, 0.717) is 18.8 Å². The van der Waals surface area contributed by atoms with E-state index >= 15 is 0 Å². The number of nitrogens with zero attached hydrogens (tertiary/aromatic N) is 1. The molecule has 0 unspecified atom stereocenters. The van der Waals surface area contributed by atoms with Crippen LogP contribution in [0.2, 0.25) is 0 Å². The SMILES string of the molecule is C=C(C)[C@@H]1CCC(C)=C[C@H]1c1c(O)cc(CCCCC)cc1O/C=C/C(=O)N(CC)CC. The first kappa shape index (κ1) is 25.8. The molecule has 0 aliphatic heterocycles. The number of rotatable bonds is 11. The van der Waals surface area contributed by atoms with Crippen LogP contribution < -0.4 is 4.74 Å². The molecule has 0 fully saturated rings. The number of carbonyl (C=O) groups excluding carboxylic acids is 1. The Labute approximate surface area is 194 Å². The minimum atomic E-state index is -0.0758. The zero-order valence-corrected chi connectivity index (χ0v) is 20.6. The summed E-state index contributed by atoms with van der Waals surface area (Å²) in [7, 11) is 0. The van der Waals surface area contributed by atoms with Crippen molar-refractivity contribution in [2.24, 2.45) is 5.92 Å². The Morgan fingerprint density at radius 3 is 2.59 bits per heavy atom. The molecule has 0 saturated carbocycles. The van der Waals surface area contributed by atoms with E-state index < -0.39 is 0 Å². The van der Waals surface area contributed by atoms with Gasteiger partial charge in [-0.1, -0.05) is 43.6 Å². The van der Waals surface area contributed by atoms with Gasteiger partial charge in [0.05, 0.1) is 6.26 Å². The Hall–Kier alpha value is -2.49. The molecule has 176 valence electrons. The summed E-state index contributed by atoms with van der Waals surface area (Å²) >= 11 is 0. The first-order valence-electron chi connectivity index (χ1n) is 12.1. The maximum absolute atomic E-state index is 12.4. The molecule has 0 saturated heterocycles. The van der Waals surface area contributed by atoms with E-state index in [1.807, 2.05) is 26.0 Å². The molecule has 2 atom stereocenters. The summed E-state index contributed by atoms with van der Waals surface area (Å²) in [6.07, 6.45) is 11.5. The van der Waals surface area contributed by atoms with Crippen molar-refractivity contribution in [3.63, 3.8) is 0 Å². The molecule has 4 heteroatoms. The van der Waals surface area contributed by atoms with E-state index in [-0.39, 0.29) is 23.5 Å². The maximum Gasteiger partial charge on any atom is 0.249 e. The van der Waals surface area contributed by atoms with Crippen molar-refractivity contribution in [1.82, 2.24) is 4.90 Å². The van der Waals surface area contributed by atoms with E-state index in [0.717, 1.165) is 55.2 Å². The fourth-order valence-electron chi connectivity index (χ4n) is 4.54. The summed E-state index contributed by atoms with van der Waals surface area (Å²) in [6.45, 7) is 15.8. The van der Waals surface area contributed by atoms with E-state index in [2.05, 4.69) is 33.4 Å². The van der Waals surface area contributed by atoms with Crippen LogP contribution in [0, 0.1) is 5.92 Å². The van der Waals surface area contributed by atoms with Gasteiger partial charge in [-0.25, -0.2) is 0 Å². The Morgan fingerprint density at radius 1 is 1.25 bits per heavy atom. The van der Waals surface area contributed by atoms with E-state index in [1.165, 1.54) is 17.9 Å². The maximum atomic E-state index is 12.4. The zero-order valence-electron chi connectivity index (χ0n) is 20.6. The molecule has 1 aromatic rings. The standard InChI is InChI=1S/C28H41NO3/c1-7-10-11-12-22-18-25(30)28(24-17-21(6)13-14-23(24)20(4)5)26(19-22)32-16-15-27(31)29(8-2)9-3/h15-19,23-24,30H,4,7-14H2,1-3,5-6H3/b16-15+/t23-,24+/m0/s1. The molecule has 1 aromatic carbocycles. The van der Waals surface area contributed by atoms with E-state index in [4.69, 9.17) is 4.74 Å². The number of likely N-dealkylation sites (N-methyl/N-ethyl adjacent to an activating group) is 1. The minimum absolute atomic E-state index is 0.00725. The highest BCUT2D eigenvalue weighted by atomic mass is 16.5. The number of ether oxygens (including phenoxy) is 1. The van der Waals surface area contributed by atoms with Crippen molar-refractivity contribution in [1.29, 1.82) is 0 Å². The molecule has 0 radical (unpaired) electrons. The first-order chi connectivity index (χ1) is 15.3.